The first-order valence-electron chi connectivity index (χ1n) is 9.92. The summed E-state index contributed by atoms with van der Waals surface area (Å²) in [7, 11) is 0. The van der Waals surface area contributed by atoms with Crippen LogP contribution in [0.3, 0.4) is 0 Å². The van der Waals surface area contributed by atoms with Crippen LogP contribution in [0.5, 0.6) is 0 Å². The van der Waals surface area contributed by atoms with Gasteiger partial charge in [0.2, 0.25) is 0 Å². The fourth-order valence-corrected chi connectivity index (χ4v) is 4.36. The lowest BCUT2D eigenvalue weighted by molar-refractivity contribution is 0.299. The average Bonchev–Trinajstić information content (AvgIpc) is 3.48. The molecule has 1 aliphatic carbocycles. The summed E-state index contributed by atoms with van der Waals surface area (Å²) in [6, 6.07) is 12.5. The van der Waals surface area contributed by atoms with Crippen molar-refractivity contribution in [2.75, 3.05) is 13.1 Å². The van der Waals surface area contributed by atoms with E-state index in [9.17, 15) is 5.21 Å². The van der Waals surface area contributed by atoms with Crippen molar-refractivity contribution in [1.29, 1.82) is 0 Å². The van der Waals surface area contributed by atoms with Crippen LogP contribution >= 0.6 is 0 Å². The largest absolute Gasteiger partial charge is 0.459 e. The molecule has 3 aromatic rings. The zero-order valence-electron chi connectivity index (χ0n) is 15.8. The van der Waals surface area contributed by atoms with Crippen LogP contribution in [0.15, 0.2) is 58.4 Å². The van der Waals surface area contributed by atoms with Crippen molar-refractivity contribution < 1.29 is 9.62 Å². The Morgan fingerprint density at radius 1 is 0.964 bits per heavy atom. The second-order valence-electron chi connectivity index (χ2n) is 7.59. The Morgan fingerprint density at radius 2 is 1.79 bits per heavy atom. The molecule has 1 aliphatic heterocycles. The Hall–Kier alpha value is -2.92. The highest BCUT2D eigenvalue weighted by Gasteiger charge is 2.22. The number of furan rings is 1. The van der Waals surface area contributed by atoms with Crippen molar-refractivity contribution >= 4 is 5.71 Å². The van der Waals surface area contributed by atoms with Gasteiger partial charge in [-0.15, -0.1) is 0 Å². The molecule has 2 aromatic heterocycles. The maximum atomic E-state index is 9.19. The number of aryl methyl sites for hydroxylation is 1. The minimum Gasteiger partial charge on any atom is -0.459 e. The smallest absolute Gasteiger partial charge is 0.142 e. The van der Waals surface area contributed by atoms with Crippen LogP contribution in [0.2, 0.25) is 0 Å². The molecule has 0 amide bonds. The summed E-state index contributed by atoms with van der Waals surface area (Å²) >= 11 is 0. The van der Waals surface area contributed by atoms with Crippen LogP contribution < -0.4 is 0 Å². The number of hydrogen-bond donors (Lipinski definition) is 1. The Balaban J connectivity index is 1.57. The van der Waals surface area contributed by atoms with Gasteiger partial charge in [0.25, 0.3) is 0 Å². The maximum Gasteiger partial charge on any atom is 0.142 e. The summed E-state index contributed by atoms with van der Waals surface area (Å²) in [6.07, 6.45) is 7.85. The van der Waals surface area contributed by atoms with E-state index in [1.165, 1.54) is 18.4 Å². The average molecular weight is 373 g/mol. The zero-order valence-corrected chi connectivity index (χ0v) is 15.8. The first-order valence-corrected chi connectivity index (χ1v) is 9.92. The van der Waals surface area contributed by atoms with Crippen molar-refractivity contribution in [2.45, 2.75) is 32.2 Å². The van der Waals surface area contributed by atoms with Gasteiger partial charge in [0.1, 0.15) is 11.5 Å². The molecule has 5 heteroatoms. The predicted molar refractivity (Wildman–Crippen MR) is 109 cm³/mol. The van der Waals surface area contributed by atoms with Gasteiger partial charge in [-0.1, -0.05) is 17.3 Å². The third-order valence-electron chi connectivity index (χ3n) is 5.78. The van der Waals surface area contributed by atoms with Crippen molar-refractivity contribution in [2.24, 2.45) is 5.16 Å². The lowest BCUT2D eigenvalue weighted by Gasteiger charge is -2.11. The third-order valence-corrected chi connectivity index (χ3v) is 5.78. The molecule has 142 valence electrons. The van der Waals surface area contributed by atoms with Gasteiger partial charge >= 0.3 is 0 Å². The summed E-state index contributed by atoms with van der Waals surface area (Å²) in [5.41, 5.74) is 6.30. The molecule has 5 nitrogen and oxygen atoms in total. The summed E-state index contributed by atoms with van der Waals surface area (Å²) in [5, 5.41) is 12.6. The highest BCUT2D eigenvalue weighted by molar-refractivity contribution is 6.04. The number of fused-ring (bicyclic) bond motifs is 1. The number of rotatable bonds is 4. The Kier molecular flexibility index (Phi) is 4.45. The normalized spacial score (nSPS) is 18.1. The van der Waals surface area contributed by atoms with Crippen molar-refractivity contribution in [3.05, 3.63) is 65.7 Å². The number of benzene rings is 1. The third kappa shape index (κ3) is 3.12. The number of aromatic nitrogens is 1. The number of hydrogen-bond acceptors (Lipinski definition) is 5. The number of likely N-dealkylation sites (tertiary alicyclic amines) is 1. The standard InChI is InChI=1S/C23H23N3O2/c27-25-22-6-4-17-13-18(3-5-20(17)22)23-21(16-7-9-24-10-8-16)14-19(28-23)15-26-11-1-2-12-26/h3,5,7-10,13-14,27H,1-2,4,6,11-12,15H2. The van der Waals surface area contributed by atoms with E-state index in [0.717, 1.165) is 72.0 Å². The van der Waals surface area contributed by atoms with Crippen molar-refractivity contribution in [3.8, 4) is 22.5 Å². The molecular formula is C23H23N3O2. The molecule has 0 bridgehead atoms. The number of nitrogens with zero attached hydrogens (tertiary/aromatic N) is 3. The van der Waals surface area contributed by atoms with Gasteiger partial charge in [-0.25, -0.2) is 0 Å². The molecule has 1 aromatic carbocycles. The van der Waals surface area contributed by atoms with Gasteiger partial charge in [0, 0.05) is 29.1 Å². The quantitative estimate of drug-likeness (QED) is 0.530. The van der Waals surface area contributed by atoms with Gasteiger partial charge in [-0.2, -0.15) is 0 Å². The highest BCUT2D eigenvalue weighted by atomic mass is 16.4. The molecule has 0 atom stereocenters. The monoisotopic (exact) mass is 373 g/mol. The zero-order chi connectivity index (χ0) is 18.9. The Labute approximate surface area is 164 Å². The molecule has 28 heavy (non-hydrogen) atoms. The molecular weight excluding hydrogens is 350 g/mol. The summed E-state index contributed by atoms with van der Waals surface area (Å²) < 4.78 is 6.39. The molecule has 0 radical (unpaired) electrons. The van der Waals surface area contributed by atoms with E-state index in [1.54, 1.807) is 0 Å². The van der Waals surface area contributed by atoms with Gasteiger partial charge in [-0.3, -0.25) is 9.88 Å². The van der Waals surface area contributed by atoms with Crippen LogP contribution in [0.25, 0.3) is 22.5 Å². The lowest BCUT2D eigenvalue weighted by atomic mass is 9.99. The second-order valence-corrected chi connectivity index (χ2v) is 7.59. The molecule has 0 spiro atoms. The molecule has 1 N–H and O–H groups in total. The van der Waals surface area contributed by atoms with Gasteiger partial charge in [0.05, 0.1) is 12.3 Å². The lowest BCUT2D eigenvalue weighted by Crippen LogP contribution is -2.17. The Bertz CT molecular complexity index is 1020. The van der Waals surface area contributed by atoms with Crippen LogP contribution in [-0.4, -0.2) is 33.9 Å². The van der Waals surface area contributed by atoms with Crippen molar-refractivity contribution in [3.63, 3.8) is 0 Å². The minimum absolute atomic E-state index is 0.769. The van der Waals surface area contributed by atoms with E-state index in [2.05, 4.69) is 33.2 Å². The molecule has 0 saturated carbocycles. The summed E-state index contributed by atoms with van der Waals surface area (Å²) in [6.45, 7) is 3.13. The molecule has 1 fully saturated rings. The number of pyridine rings is 1. The fraction of sp³-hybridized carbons (Fsp3) is 0.304. The molecule has 3 heterocycles. The molecule has 1 saturated heterocycles. The van der Waals surface area contributed by atoms with E-state index in [0.29, 0.717) is 0 Å². The van der Waals surface area contributed by atoms with E-state index >= 15 is 0 Å². The van der Waals surface area contributed by atoms with Crippen LogP contribution in [0, 0.1) is 0 Å². The predicted octanol–water partition coefficient (Wildman–Crippen LogP) is 4.73. The summed E-state index contributed by atoms with van der Waals surface area (Å²) in [4.78, 5) is 6.60. The fourth-order valence-electron chi connectivity index (χ4n) is 4.36. The maximum absolute atomic E-state index is 9.19. The van der Waals surface area contributed by atoms with E-state index in [-0.39, 0.29) is 0 Å². The van der Waals surface area contributed by atoms with E-state index < -0.39 is 0 Å². The van der Waals surface area contributed by atoms with Crippen LogP contribution in [-0.2, 0) is 13.0 Å². The molecule has 5 rings (SSSR count). The molecule has 0 unspecified atom stereocenters. The highest BCUT2D eigenvalue weighted by Crippen LogP contribution is 2.37. The van der Waals surface area contributed by atoms with Gasteiger partial charge in [0.15, 0.2) is 0 Å². The van der Waals surface area contributed by atoms with Crippen molar-refractivity contribution in [1.82, 2.24) is 9.88 Å². The van der Waals surface area contributed by atoms with Gasteiger partial charge < -0.3 is 9.62 Å². The number of oxime groups is 1. The van der Waals surface area contributed by atoms with Crippen LogP contribution in [0.4, 0.5) is 0 Å². The van der Waals surface area contributed by atoms with Gasteiger partial charge in [-0.05, 0) is 74.2 Å². The Morgan fingerprint density at radius 3 is 2.57 bits per heavy atom. The SMILES string of the molecule is ON=C1CCc2cc(-c3oc(CN4CCCC4)cc3-c3ccncc3)ccc21. The first-order chi connectivity index (χ1) is 13.8. The second kappa shape index (κ2) is 7.24. The first kappa shape index (κ1) is 17.2. The minimum atomic E-state index is 0.769. The van der Waals surface area contributed by atoms with E-state index in [4.69, 9.17) is 4.42 Å². The summed E-state index contributed by atoms with van der Waals surface area (Å²) in [5.74, 6) is 1.90. The molecule has 2 aliphatic rings. The van der Waals surface area contributed by atoms with E-state index in [1.807, 2.05) is 30.6 Å². The topological polar surface area (TPSA) is 61.9 Å². The van der Waals surface area contributed by atoms with Crippen LogP contribution in [0.1, 0.15) is 36.1 Å².